The second-order valence-electron chi connectivity index (χ2n) is 1.64. The molecule has 0 spiro atoms. The van der Waals surface area contributed by atoms with Gasteiger partial charge in [-0.15, -0.1) is 4.99 Å². The Morgan fingerprint density at radius 1 is 1.38 bits per heavy atom. The van der Waals surface area contributed by atoms with Crippen molar-refractivity contribution in [2.24, 2.45) is 0 Å². The van der Waals surface area contributed by atoms with E-state index in [0.29, 0.717) is 8.73 Å². The van der Waals surface area contributed by atoms with Crippen LogP contribution in [0.4, 0.5) is 0 Å². The zero-order chi connectivity index (χ0) is 5.66. The Bertz CT molecular complexity index is 38.0. The third-order valence-corrected chi connectivity index (χ3v) is 1.78. The van der Waals surface area contributed by atoms with E-state index in [2.05, 4.69) is 15.1 Å². The molecule has 0 aromatic rings. The Balaban J connectivity index is 2.00. The van der Waals surface area contributed by atoms with Crippen molar-refractivity contribution < 1.29 is 9.88 Å². The van der Waals surface area contributed by atoms with Crippen molar-refractivity contribution in [2.75, 3.05) is 12.8 Å². The van der Waals surface area contributed by atoms with Gasteiger partial charge < -0.3 is 0 Å². The molecule has 1 aliphatic heterocycles. The number of rotatable bonds is 0. The van der Waals surface area contributed by atoms with Gasteiger partial charge in [-0.25, -0.2) is 4.89 Å². The highest BCUT2D eigenvalue weighted by atomic mass is 31.1. The first-order valence-electron chi connectivity index (χ1n) is 2.76. The molecule has 0 aromatic carbocycles. The van der Waals surface area contributed by atoms with Crippen LogP contribution >= 0.6 is 8.73 Å². The summed E-state index contributed by atoms with van der Waals surface area (Å²) in [6.07, 6.45) is 3.58. The summed E-state index contributed by atoms with van der Waals surface area (Å²) < 4.78 is 0. The summed E-state index contributed by atoms with van der Waals surface area (Å²) >= 11 is 0. The second-order valence-corrected chi connectivity index (χ2v) is 2.70. The maximum atomic E-state index is 4.67. The molecule has 4 heteroatoms. The van der Waals surface area contributed by atoms with Gasteiger partial charge in [-0.3, -0.25) is 0 Å². The van der Waals surface area contributed by atoms with E-state index < -0.39 is 0 Å². The van der Waals surface area contributed by atoms with Crippen LogP contribution in [-0.4, -0.2) is 12.8 Å². The zero-order valence-electron chi connectivity index (χ0n) is 4.64. The minimum atomic E-state index is 0.693. The van der Waals surface area contributed by atoms with E-state index in [-0.39, 0.29) is 0 Å². The third-order valence-electron chi connectivity index (χ3n) is 0.952. The fourth-order valence-electron chi connectivity index (χ4n) is 0.526. The number of hydrogen-bond acceptors (Lipinski definition) is 3. The standard InChI is InChI=1S/C4H10NO2P/c1-2-4-8-5-7-6-3-1/h5,8H,1-4H2. The van der Waals surface area contributed by atoms with Crippen molar-refractivity contribution in [1.82, 2.24) is 5.25 Å². The quantitative estimate of drug-likeness (QED) is 0.394. The molecule has 3 nitrogen and oxygen atoms in total. The van der Waals surface area contributed by atoms with Gasteiger partial charge in [0.2, 0.25) is 0 Å². The SMILES string of the molecule is C1CCPNOOC1. The van der Waals surface area contributed by atoms with Crippen LogP contribution in [0.1, 0.15) is 12.8 Å². The second kappa shape index (κ2) is 4.21. The fourth-order valence-corrected chi connectivity index (χ4v) is 1.17. The minimum absolute atomic E-state index is 0.693. The van der Waals surface area contributed by atoms with Gasteiger partial charge in [0.05, 0.1) is 6.61 Å². The van der Waals surface area contributed by atoms with E-state index in [1.165, 1.54) is 12.6 Å². The highest BCUT2D eigenvalue weighted by molar-refractivity contribution is 7.35. The summed E-state index contributed by atoms with van der Waals surface area (Å²) in [5.74, 6) is 0. The molecule has 1 rings (SSSR count). The molecule has 8 heavy (non-hydrogen) atoms. The van der Waals surface area contributed by atoms with E-state index in [4.69, 9.17) is 0 Å². The largest absolute Gasteiger partial charge is 0.218 e. The molecular weight excluding hydrogens is 125 g/mol. The van der Waals surface area contributed by atoms with Crippen molar-refractivity contribution >= 4 is 8.73 Å². The first kappa shape index (κ1) is 6.43. The summed E-state index contributed by atoms with van der Waals surface area (Å²) in [5.41, 5.74) is 0. The highest BCUT2D eigenvalue weighted by Gasteiger charge is 1.94. The molecular formula is C4H10NO2P. The average molecular weight is 135 g/mol. The van der Waals surface area contributed by atoms with Gasteiger partial charge in [-0.2, -0.15) is 5.25 Å². The lowest BCUT2D eigenvalue weighted by atomic mass is 10.4. The monoisotopic (exact) mass is 135 g/mol. The van der Waals surface area contributed by atoms with Crippen LogP contribution in [0.2, 0.25) is 0 Å². The Morgan fingerprint density at radius 3 is 3.38 bits per heavy atom. The van der Waals surface area contributed by atoms with Gasteiger partial charge >= 0.3 is 0 Å². The van der Waals surface area contributed by atoms with Crippen molar-refractivity contribution in [3.63, 3.8) is 0 Å². The third kappa shape index (κ3) is 2.58. The molecule has 0 amide bonds. The first-order valence-corrected chi connectivity index (χ1v) is 3.97. The lowest BCUT2D eigenvalue weighted by molar-refractivity contribution is -0.317. The normalized spacial score (nSPS) is 27.0. The number of hydrogen-bond donors (Lipinski definition) is 1. The van der Waals surface area contributed by atoms with Crippen LogP contribution in [0.15, 0.2) is 0 Å². The van der Waals surface area contributed by atoms with Crippen molar-refractivity contribution in [2.45, 2.75) is 12.8 Å². The lowest BCUT2D eigenvalue weighted by Gasteiger charge is -2.07. The van der Waals surface area contributed by atoms with Gasteiger partial charge in [0, 0.05) is 0 Å². The summed E-state index contributed by atoms with van der Waals surface area (Å²) in [6.45, 7) is 0.720. The molecule has 0 bridgehead atoms. The molecule has 0 aliphatic carbocycles. The molecule has 0 aromatic heterocycles. The Labute approximate surface area is 50.5 Å². The minimum Gasteiger partial charge on any atom is -0.218 e. The van der Waals surface area contributed by atoms with E-state index in [1.54, 1.807) is 0 Å². The van der Waals surface area contributed by atoms with Crippen LogP contribution in [0.5, 0.6) is 0 Å². The average Bonchev–Trinajstić information content (AvgIpc) is 1.62. The molecule has 1 N–H and O–H groups in total. The van der Waals surface area contributed by atoms with Crippen molar-refractivity contribution in [3.8, 4) is 0 Å². The summed E-state index contributed by atoms with van der Waals surface area (Å²) in [5, 5.41) is 2.69. The van der Waals surface area contributed by atoms with Gasteiger partial charge in [0.1, 0.15) is 0 Å². The van der Waals surface area contributed by atoms with Crippen LogP contribution in [-0.2, 0) is 9.88 Å². The van der Waals surface area contributed by atoms with E-state index in [9.17, 15) is 0 Å². The molecule has 0 radical (unpaired) electrons. The van der Waals surface area contributed by atoms with Gasteiger partial charge in [0.15, 0.2) is 0 Å². The van der Waals surface area contributed by atoms with E-state index >= 15 is 0 Å². The molecule has 1 aliphatic rings. The van der Waals surface area contributed by atoms with Gasteiger partial charge in [0.25, 0.3) is 0 Å². The number of nitrogens with one attached hydrogen (secondary N) is 1. The van der Waals surface area contributed by atoms with Gasteiger partial charge in [-0.1, -0.05) is 0 Å². The van der Waals surface area contributed by atoms with Gasteiger partial charge in [-0.05, 0) is 27.7 Å². The Morgan fingerprint density at radius 2 is 2.38 bits per heavy atom. The predicted molar refractivity (Wildman–Crippen MR) is 32.6 cm³/mol. The van der Waals surface area contributed by atoms with Crippen LogP contribution in [0.25, 0.3) is 0 Å². The molecule has 1 heterocycles. The lowest BCUT2D eigenvalue weighted by Crippen LogP contribution is -2.09. The maximum Gasteiger partial charge on any atom is 0.0842 e. The van der Waals surface area contributed by atoms with Crippen molar-refractivity contribution in [3.05, 3.63) is 0 Å². The van der Waals surface area contributed by atoms with E-state index in [0.717, 1.165) is 13.0 Å². The molecule has 1 atom stereocenters. The molecule has 1 unspecified atom stereocenters. The first-order chi connectivity index (χ1) is 4.00. The van der Waals surface area contributed by atoms with Crippen LogP contribution in [0, 0.1) is 0 Å². The van der Waals surface area contributed by atoms with Crippen molar-refractivity contribution in [1.29, 1.82) is 0 Å². The van der Waals surface area contributed by atoms with E-state index in [1.807, 2.05) is 0 Å². The predicted octanol–water partition coefficient (Wildman–Crippen LogP) is 0.826. The van der Waals surface area contributed by atoms with Crippen LogP contribution in [0.3, 0.4) is 0 Å². The molecule has 0 saturated carbocycles. The summed E-state index contributed by atoms with van der Waals surface area (Å²) in [7, 11) is 0.693. The fraction of sp³-hybridized carbons (Fsp3) is 1.00. The van der Waals surface area contributed by atoms with Crippen LogP contribution < -0.4 is 5.25 Å². The Hall–Kier alpha value is 0.310. The molecule has 48 valence electrons. The molecule has 1 saturated heterocycles. The highest BCUT2D eigenvalue weighted by Crippen LogP contribution is 2.09. The summed E-state index contributed by atoms with van der Waals surface area (Å²) in [6, 6.07) is 0. The maximum absolute atomic E-state index is 4.67. The molecule has 1 fully saturated rings. The Kier molecular flexibility index (Phi) is 3.39. The zero-order valence-corrected chi connectivity index (χ0v) is 5.64. The smallest absolute Gasteiger partial charge is 0.0842 e. The topological polar surface area (TPSA) is 30.5 Å². The summed E-state index contributed by atoms with van der Waals surface area (Å²) in [4.78, 5) is 9.21.